The number of benzene rings is 1. The number of nitriles is 1. The Morgan fingerprint density at radius 1 is 1.09 bits per heavy atom. The predicted octanol–water partition coefficient (Wildman–Crippen LogP) is 5.05. The number of hydrogen-bond donors (Lipinski definition) is 0. The summed E-state index contributed by atoms with van der Waals surface area (Å²) in [6, 6.07) is 15.2. The molecular weight excluding hydrogens is 402 g/mol. The highest BCUT2D eigenvalue weighted by molar-refractivity contribution is 5.80. The Labute approximate surface area is 186 Å². The molecular formula is C25H23N5O2. The van der Waals surface area contributed by atoms with Crippen molar-refractivity contribution in [2.24, 2.45) is 0 Å². The molecule has 3 heterocycles. The van der Waals surface area contributed by atoms with Gasteiger partial charge in [0.2, 0.25) is 0 Å². The molecule has 4 rings (SSSR count). The van der Waals surface area contributed by atoms with Gasteiger partial charge in [-0.1, -0.05) is 25.5 Å². The lowest BCUT2D eigenvalue weighted by Gasteiger charge is -2.13. The van der Waals surface area contributed by atoms with Crippen molar-refractivity contribution in [1.82, 2.24) is 19.5 Å². The van der Waals surface area contributed by atoms with E-state index in [0.717, 1.165) is 23.9 Å². The molecule has 0 N–H and O–H groups in total. The molecule has 0 bridgehead atoms. The first-order chi connectivity index (χ1) is 15.7. The molecule has 1 aromatic carbocycles. The van der Waals surface area contributed by atoms with Crippen LogP contribution in [0.5, 0.6) is 11.5 Å². The van der Waals surface area contributed by atoms with Crippen LogP contribution in [0.25, 0.3) is 29.1 Å². The molecule has 160 valence electrons. The minimum Gasteiger partial charge on any atom is -0.493 e. The highest BCUT2D eigenvalue weighted by Crippen LogP contribution is 2.33. The Hall–Kier alpha value is -4.18. The fourth-order valence-corrected chi connectivity index (χ4v) is 3.31. The third kappa shape index (κ3) is 4.30. The number of nitrogens with zero attached hydrogens (tertiary/aromatic N) is 5. The van der Waals surface area contributed by atoms with Crippen molar-refractivity contribution in [3.8, 4) is 23.4 Å². The Morgan fingerprint density at radius 2 is 2.00 bits per heavy atom. The molecule has 0 aliphatic rings. The monoisotopic (exact) mass is 425 g/mol. The van der Waals surface area contributed by atoms with E-state index in [4.69, 9.17) is 19.7 Å². The summed E-state index contributed by atoms with van der Waals surface area (Å²) in [5, 5.41) is 9.09. The van der Waals surface area contributed by atoms with Gasteiger partial charge < -0.3 is 9.47 Å². The second-order valence-electron chi connectivity index (χ2n) is 7.08. The Bertz CT molecular complexity index is 1290. The minimum absolute atomic E-state index is 0.494. The number of ether oxygens (including phenoxy) is 2. The quantitative estimate of drug-likeness (QED) is 0.367. The molecule has 0 saturated carbocycles. The molecule has 0 amide bonds. The predicted molar refractivity (Wildman–Crippen MR) is 124 cm³/mol. The first-order valence-electron chi connectivity index (χ1n) is 10.4. The first-order valence-corrected chi connectivity index (χ1v) is 10.4. The second-order valence-corrected chi connectivity index (χ2v) is 7.08. The lowest BCUT2D eigenvalue weighted by Crippen LogP contribution is -2.02. The zero-order valence-electron chi connectivity index (χ0n) is 18.0. The maximum absolute atomic E-state index is 9.09. The average molecular weight is 425 g/mol. The van der Waals surface area contributed by atoms with Gasteiger partial charge in [0.1, 0.15) is 23.2 Å². The molecule has 0 unspecified atom stereocenters. The normalized spacial score (nSPS) is 11.0. The lowest BCUT2D eigenvalue weighted by molar-refractivity contribution is 0.287. The van der Waals surface area contributed by atoms with Crippen LogP contribution in [0.1, 0.15) is 36.7 Å². The van der Waals surface area contributed by atoms with Crippen molar-refractivity contribution in [2.75, 3.05) is 13.7 Å². The van der Waals surface area contributed by atoms with Gasteiger partial charge in [-0.15, -0.1) is 0 Å². The van der Waals surface area contributed by atoms with E-state index in [1.54, 1.807) is 31.6 Å². The number of hydrogen-bond acceptors (Lipinski definition) is 6. The maximum Gasteiger partial charge on any atom is 0.168 e. The van der Waals surface area contributed by atoms with Gasteiger partial charge in [0, 0.05) is 18.0 Å². The number of fused-ring (bicyclic) bond motifs is 1. The summed E-state index contributed by atoms with van der Waals surface area (Å²) in [6.45, 7) is 2.75. The van der Waals surface area contributed by atoms with Gasteiger partial charge in [0.05, 0.1) is 19.3 Å². The number of aromatic nitrogens is 4. The van der Waals surface area contributed by atoms with Crippen LogP contribution < -0.4 is 9.47 Å². The van der Waals surface area contributed by atoms with E-state index >= 15 is 0 Å². The molecule has 4 aromatic rings. The van der Waals surface area contributed by atoms with Crippen molar-refractivity contribution in [1.29, 1.82) is 5.26 Å². The molecule has 3 aromatic heterocycles. The van der Waals surface area contributed by atoms with E-state index in [0.29, 0.717) is 41.0 Å². The van der Waals surface area contributed by atoms with Crippen LogP contribution in [0.2, 0.25) is 0 Å². The van der Waals surface area contributed by atoms with E-state index in [-0.39, 0.29) is 0 Å². The van der Waals surface area contributed by atoms with Crippen molar-refractivity contribution in [2.45, 2.75) is 19.8 Å². The summed E-state index contributed by atoms with van der Waals surface area (Å²) in [4.78, 5) is 13.7. The summed E-state index contributed by atoms with van der Waals surface area (Å²) < 4.78 is 13.4. The summed E-state index contributed by atoms with van der Waals surface area (Å²) in [5.74, 6) is 2.69. The number of rotatable bonds is 8. The molecule has 0 radical (unpaired) electrons. The molecule has 0 spiro atoms. The maximum atomic E-state index is 9.09. The van der Waals surface area contributed by atoms with Crippen LogP contribution in [-0.2, 0) is 0 Å². The van der Waals surface area contributed by atoms with Crippen molar-refractivity contribution in [3.05, 3.63) is 71.8 Å². The SMILES string of the molecule is CCCCOc1c(C=Cc2nc3cccnc3n2-c2ccc(C#N)cn2)cccc1OC. The van der Waals surface area contributed by atoms with Crippen LogP contribution in [0, 0.1) is 11.3 Å². The summed E-state index contributed by atoms with van der Waals surface area (Å²) in [7, 11) is 1.64. The first kappa shape index (κ1) is 21.1. The van der Waals surface area contributed by atoms with Crippen LogP contribution in [-0.4, -0.2) is 33.2 Å². The van der Waals surface area contributed by atoms with E-state index in [2.05, 4.69) is 23.0 Å². The zero-order valence-corrected chi connectivity index (χ0v) is 18.0. The average Bonchev–Trinajstić information content (AvgIpc) is 3.21. The number of para-hydroxylation sites is 1. The van der Waals surface area contributed by atoms with E-state index in [9.17, 15) is 0 Å². The molecule has 32 heavy (non-hydrogen) atoms. The molecule has 7 nitrogen and oxygen atoms in total. The second kappa shape index (κ2) is 9.75. The number of pyridine rings is 2. The minimum atomic E-state index is 0.494. The fraction of sp³-hybridized carbons (Fsp3) is 0.200. The van der Waals surface area contributed by atoms with Gasteiger partial charge in [-0.3, -0.25) is 4.57 Å². The summed E-state index contributed by atoms with van der Waals surface area (Å²) in [5.41, 5.74) is 2.83. The standard InChI is InChI=1S/C25H23N5O2/c1-3-4-15-32-24-19(7-5-9-21(24)31-2)11-13-23-29-20-8-6-14-27-25(20)30(23)22-12-10-18(16-26)17-28-22/h5-14,17H,3-4,15H2,1-2H3. The third-order valence-electron chi connectivity index (χ3n) is 4.93. The van der Waals surface area contributed by atoms with Crippen LogP contribution >= 0.6 is 0 Å². The molecule has 0 atom stereocenters. The fourth-order valence-electron chi connectivity index (χ4n) is 3.31. The van der Waals surface area contributed by atoms with E-state index in [1.807, 2.05) is 47.1 Å². The number of unbranched alkanes of at least 4 members (excludes halogenated alkanes) is 1. The molecule has 0 aliphatic carbocycles. The van der Waals surface area contributed by atoms with Gasteiger partial charge in [0.15, 0.2) is 17.1 Å². The Morgan fingerprint density at radius 3 is 2.75 bits per heavy atom. The Kier molecular flexibility index (Phi) is 6.42. The van der Waals surface area contributed by atoms with Gasteiger partial charge in [0.25, 0.3) is 0 Å². The highest BCUT2D eigenvalue weighted by atomic mass is 16.5. The topological polar surface area (TPSA) is 85.9 Å². The van der Waals surface area contributed by atoms with E-state index in [1.165, 1.54) is 0 Å². The van der Waals surface area contributed by atoms with Gasteiger partial charge >= 0.3 is 0 Å². The van der Waals surface area contributed by atoms with Gasteiger partial charge in [-0.25, -0.2) is 15.0 Å². The van der Waals surface area contributed by atoms with Crippen LogP contribution in [0.4, 0.5) is 0 Å². The van der Waals surface area contributed by atoms with Crippen molar-refractivity contribution < 1.29 is 9.47 Å². The molecule has 0 saturated heterocycles. The number of imidazole rings is 1. The van der Waals surface area contributed by atoms with Gasteiger partial charge in [-0.2, -0.15) is 5.26 Å². The summed E-state index contributed by atoms with van der Waals surface area (Å²) >= 11 is 0. The largest absolute Gasteiger partial charge is 0.493 e. The lowest BCUT2D eigenvalue weighted by atomic mass is 10.1. The van der Waals surface area contributed by atoms with Crippen LogP contribution in [0.3, 0.4) is 0 Å². The van der Waals surface area contributed by atoms with Crippen molar-refractivity contribution >= 4 is 23.3 Å². The highest BCUT2D eigenvalue weighted by Gasteiger charge is 2.14. The third-order valence-corrected chi connectivity index (χ3v) is 4.93. The number of methoxy groups -OCH3 is 1. The molecule has 7 heteroatoms. The van der Waals surface area contributed by atoms with Crippen molar-refractivity contribution in [3.63, 3.8) is 0 Å². The summed E-state index contributed by atoms with van der Waals surface area (Å²) in [6.07, 6.45) is 9.13. The molecule has 0 aliphatic heterocycles. The zero-order chi connectivity index (χ0) is 22.3. The smallest absolute Gasteiger partial charge is 0.168 e. The van der Waals surface area contributed by atoms with E-state index < -0.39 is 0 Å². The van der Waals surface area contributed by atoms with Gasteiger partial charge in [-0.05, 0) is 48.9 Å². The molecule has 0 fully saturated rings. The Balaban J connectivity index is 1.77. The van der Waals surface area contributed by atoms with Crippen LogP contribution in [0.15, 0.2) is 54.9 Å².